The molecule has 0 amide bonds. The van der Waals surface area contributed by atoms with Crippen LogP contribution in [0.15, 0.2) is 170 Å². The van der Waals surface area contributed by atoms with Crippen molar-refractivity contribution in [1.29, 1.82) is 0 Å². The summed E-state index contributed by atoms with van der Waals surface area (Å²) in [6, 6.07) is 54.6. The third kappa shape index (κ3) is 5.33. The van der Waals surface area contributed by atoms with Gasteiger partial charge in [-0.15, -0.1) is 0 Å². The number of hydrogen-bond acceptors (Lipinski definition) is 4. The zero-order valence-corrected chi connectivity index (χ0v) is 25.0. The molecule has 0 saturated carbocycles. The zero-order valence-electron chi connectivity index (χ0n) is 25.0. The molecule has 0 aliphatic carbocycles. The molecule has 0 aliphatic rings. The van der Waals surface area contributed by atoms with Crippen molar-refractivity contribution in [3.63, 3.8) is 0 Å². The lowest BCUT2D eigenvalue weighted by molar-refractivity contribution is 1.07. The fraction of sp³-hybridized carbons (Fsp3) is 0. The first kappa shape index (κ1) is 27.3. The Balaban J connectivity index is 1.19. The lowest BCUT2D eigenvalue weighted by Crippen LogP contribution is -2.00. The highest BCUT2D eigenvalue weighted by Gasteiger charge is 2.14. The Morgan fingerprint density at radius 2 is 0.674 bits per heavy atom. The maximum absolute atomic E-state index is 4.91. The molecule has 2 heterocycles. The van der Waals surface area contributed by atoms with Crippen LogP contribution in [0.5, 0.6) is 0 Å². The second kappa shape index (κ2) is 12.0. The van der Waals surface area contributed by atoms with E-state index in [1.165, 1.54) is 33.0 Å². The SMILES string of the molecule is c1ccc(-c2nc(-c3ccccc3)nc(-c3ccc(-c4cccc5cccc(-c6ccc(-c7ccncc7)cc6)c45)cc3)n2)cc1. The van der Waals surface area contributed by atoms with E-state index in [9.17, 15) is 0 Å². The number of rotatable bonds is 6. The van der Waals surface area contributed by atoms with Crippen molar-refractivity contribution in [2.75, 3.05) is 0 Å². The number of nitrogens with zero attached hydrogens (tertiary/aromatic N) is 4. The Morgan fingerprint density at radius 3 is 1.15 bits per heavy atom. The second-order valence-electron chi connectivity index (χ2n) is 11.1. The number of aromatic nitrogens is 4. The molecule has 0 spiro atoms. The molecule has 216 valence electrons. The van der Waals surface area contributed by atoms with Gasteiger partial charge in [0.2, 0.25) is 0 Å². The van der Waals surface area contributed by atoms with Gasteiger partial charge in [0.1, 0.15) is 0 Å². The first-order valence-electron chi connectivity index (χ1n) is 15.3. The predicted octanol–water partition coefficient (Wildman–Crippen LogP) is 10.4. The van der Waals surface area contributed by atoms with Crippen LogP contribution in [0.4, 0.5) is 0 Å². The van der Waals surface area contributed by atoms with Crippen LogP contribution in [0.25, 0.3) is 78.3 Å². The van der Waals surface area contributed by atoms with Gasteiger partial charge in [0.25, 0.3) is 0 Å². The topological polar surface area (TPSA) is 51.6 Å². The summed E-state index contributed by atoms with van der Waals surface area (Å²) in [5, 5.41) is 2.43. The maximum Gasteiger partial charge on any atom is 0.164 e. The molecule has 0 aliphatic heterocycles. The minimum atomic E-state index is 0.646. The van der Waals surface area contributed by atoms with Gasteiger partial charge in [-0.1, -0.05) is 146 Å². The summed E-state index contributed by atoms with van der Waals surface area (Å²) in [6.45, 7) is 0. The monoisotopic (exact) mass is 588 g/mol. The first-order chi connectivity index (χ1) is 22.8. The molecule has 8 rings (SSSR count). The Kier molecular flexibility index (Phi) is 7.14. The molecule has 2 aromatic heterocycles. The van der Waals surface area contributed by atoms with E-state index in [4.69, 9.17) is 15.0 Å². The van der Waals surface area contributed by atoms with Crippen molar-refractivity contribution in [2.45, 2.75) is 0 Å². The van der Waals surface area contributed by atoms with Gasteiger partial charge >= 0.3 is 0 Å². The van der Waals surface area contributed by atoms with Gasteiger partial charge in [0, 0.05) is 29.1 Å². The molecule has 0 N–H and O–H groups in total. The van der Waals surface area contributed by atoms with Crippen LogP contribution >= 0.6 is 0 Å². The number of pyridine rings is 1. The summed E-state index contributed by atoms with van der Waals surface area (Å²) in [5.41, 5.74) is 9.88. The van der Waals surface area contributed by atoms with E-state index in [1.54, 1.807) is 0 Å². The summed E-state index contributed by atoms with van der Waals surface area (Å²) >= 11 is 0. The van der Waals surface area contributed by atoms with Gasteiger partial charge in [-0.3, -0.25) is 4.98 Å². The van der Waals surface area contributed by atoms with E-state index in [-0.39, 0.29) is 0 Å². The number of hydrogen-bond donors (Lipinski definition) is 0. The molecule has 0 atom stereocenters. The minimum absolute atomic E-state index is 0.646. The fourth-order valence-electron chi connectivity index (χ4n) is 5.95. The third-order valence-electron chi connectivity index (χ3n) is 8.27. The third-order valence-corrected chi connectivity index (χ3v) is 8.27. The van der Waals surface area contributed by atoms with Gasteiger partial charge in [-0.2, -0.15) is 0 Å². The van der Waals surface area contributed by atoms with Crippen LogP contribution in [-0.2, 0) is 0 Å². The van der Waals surface area contributed by atoms with Gasteiger partial charge in [0.05, 0.1) is 0 Å². The molecular weight excluding hydrogens is 560 g/mol. The summed E-state index contributed by atoms with van der Waals surface area (Å²) in [7, 11) is 0. The Labute approximate surface area is 267 Å². The molecule has 8 aromatic rings. The van der Waals surface area contributed by atoms with Crippen molar-refractivity contribution in [2.24, 2.45) is 0 Å². The Bertz CT molecular complexity index is 2200. The highest BCUT2D eigenvalue weighted by molar-refractivity contribution is 6.06. The predicted molar refractivity (Wildman–Crippen MR) is 188 cm³/mol. The standard InChI is InChI=1S/C42H28N4/c1-3-9-34(10-4-1)40-44-41(35-11-5-2-6-12-35)46-42(45-40)36-23-21-32(22-24-36)38-16-8-14-33-13-7-15-37(39(33)38)31-19-17-29(18-20-31)30-25-27-43-28-26-30/h1-28H. The summed E-state index contributed by atoms with van der Waals surface area (Å²) in [5.74, 6) is 1.96. The first-order valence-corrected chi connectivity index (χ1v) is 15.3. The van der Waals surface area contributed by atoms with Crippen LogP contribution in [0.1, 0.15) is 0 Å². The molecule has 46 heavy (non-hydrogen) atoms. The lowest BCUT2D eigenvalue weighted by atomic mass is 9.90. The minimum Gasteiger partial charge on any atom is -0.265 e. The molecule has 6 aromatic carbocycles. The van der Waals surface area contributed by atoms with Gasteiger partial charge in [-0.05, 0) is 56.3 Å². The van der Waals surface area contributed by atoms with E-state index in [2.05, 4.69) is 89.9 Å². The summed E-state index contributed by atoms with van der Waals surface area (Å²) in [4.78, 5) is 18.8. The molecule has 0 radical (unpaired) electrons. The molecule has 0 unspecified atom stereocenters. The van der Waals surface area contributed by atoms with Crippen molar-refractivity contribution in [3.05, 3.63) is 170 Å². The average Bonchev–Trinajstić information content (AvgIpc) is 3.15. The second-order valence-corrected chi connectivity index (χ2v) is 11.1. The van der Waals surface area contributed by atoms with E-state index >= 15 is 0 Å². The number of fused-ring (bicyclic) bond motifs is 1. The van der Waals surface area contributed by atoms with E-state index in [1.807, 2.05) is 85.2 Å². The van der Waals surface area contributed by atoms with Crippen molar-refractivity contribution < 1.29 is 0 Å². The Hall–Kier alpha value is -6.26. The highest BCUT2D eigenvalue weighted by atomic mass is 15.0. The molecular formula is C42H28N4. The molecule has 0 bridgehead atoms. The maximum atomic E-state index is 4.91. The van der Waals surface area contributed by atoms with E-state index in [0.717, 1.165) is 27.8 Å². The molecule has 0 saturated heterocycles. The van der Waals surface area contributed by atoms with Gasteiger partial charge in [-0.25, -0.2) is 15.0 Å². The lowest BCUT2D eigenvalue weighted by Gasteiger charge is -2.14. The van der Waals surface area contributed by atoms with Crippen LogP contribution in [0.3, 0.4) is 0 Å². The molecule has 4 nitrogen and oxygen atoms in total. The summed E-state index contributed by atoms with van der Waals surface area (Å²) in [6.07, 6.45) is 3.66. The van der Waals surface area contributed by atoms with Crippen LogP contribution in [-0.4, -0.2) is 19.9 Å². The zero-order chi connectivity index (χ0) is 30.7. The highest BCUT2D eigenvalue weighted by Crippen LogP contribution is 2.38. The smallest absolute Gasteiger partial charge is 0.164 e. The fourth-order valence-corrected chi connectivity index (χ4v) is 5.95. The van der Waals surface area contributed by atoms with Crippen molar-refractivity contribution in [1.82, 2.24) is 19.9 Å². The van der Waals surface area contributed by atoms with E-state index in [0.29, 0.717) is 17.5 Å². The molecule has 0 fully saturated rings. The van der Waals surface area contributed by atoms with Crippen molar-refractivity contribution in [3.8, 4) is 67.5 Å². The normalized spacial score (nSPS) is 11.0. The van der Waals surface area contributed by atoms with E-state index < -0.39 is 0 Å². The van der Waals surface area contributed by atoms with Gasteiger partial charge in [0.15, 0.2) is 17.5 Å². The Morgan fingerprint density at radius 1 is 0.283 bits per heavy atom. The largest absolute Gasteiger partial charge is 0.265 e. The van der Waals surface area contributed by atoms with Gasteiger partial charge < -0.3 is 0 Å². The quantitative estimate of drug-likeness (QED) is 0.194. The van der Waals surface area contributed by atoms with Crippen molar-refractivity contribution >= 4 is 10.8 Å². The summed E-state index contributed by atoms with van der Waals surface area (Å²) < 4.78 is 0. The average molecular weight is 589 g/mol. The number of benzene rings is 6. The molecule has 4 heteroatoms. The van der Waals surface area contributed by atoms with Crippen LogP contribution in [0, 0.1) is 0 Å². The van der Waals surface area contributed by atoms with Crippen LogP contribution < -0.4 is 0 Å². The van der Waals surface area contributed by atoms with Crippen LogP contribution in [0.2, 0.25) is 0 Å².